The zero-order chi connectivity index (χ0) is 14.9. The van der Waals surface area contributed by atoms with E-state index < -0.39 is 17.7 Å². The monoisotopic (exact) mass is 284 g/mol. The topological polar surface area (TPSA) is 74.2 Å². The van der Waals surface area contributed by atoms with Gasteiger partial charge in [0.1, 0.15) is 0 Å². The number of methoxy groups -OCH3 is 4. The van der Waals surface area contributed by atoms with Gasteiger partial charge in [-0.1, -0.05) is 0 Å². The average molecular weight is 284 g/mol. The first-order chi connectivity index (χ1) is 9.55. The van der Waals surface area contributed by atoms with Gasteiger partial charge in [0.05, 0.1) is 14.2 Å². The second kappa shape index (κ2) is 5.55. The lowest BCUT2D eigenvalue weighted by Gasteiger charge is -2.39. The van der Waals surface area contributed by atoms with Crippen molar-refractivity contribution >= 4 is 5.78 Å². The van der Waals surface area contributed by atoms with Gasteiger partial charge in [0.25, 0.3) is 0 Å². The second-order valence-electron chi connectivity index (χ2n) is 4.77. The number of carbonyl (C=O) groups is 1. The minimum absolute atomic E-state index is 0.0696. The van der Waals surface area contributed by atoms with Crippen LogP contribution in [-0.4, -0.2) is 51.2 Å². The van der Waals surface area contributed by atoms with Crippen molar-refractivity contribution in [2.45, 2.75) is 31.2 Å². The second-order valence-corrected chi connectivity index (χ2v) is 4.77. The standard InChI is InChI=1S/C14H20O6/c1-17-10-11(15)14(16,12(10)18-2)9-7-5-6-8(9)13(19-3)20-4/h13,16H,5-7H2,1-4H3. The summed E-state index contributed by atoms with van der Waals surface area (Å²) in [7, 11) is 5.84. The Morgan fingerprint density at radius 2 is 1.75 bits per heavy atom. The Balaban J connectivity index is 2.47. The van der Waals surface area contributed by atoms with Crippen LogP contribution in [0.25, 0.3) is 0 Å². The summed E-state index contributed by atoms with van der Waals surface area (Å²) in [5.74, 6) is -0.248. The molecule has 0 heterocycles. The summed E-state index contributed by atoms with van der Waals surface area (Å²) in [5, 5.41) is 10.8. The van der Waals surface area contributed by atoms with E-state index in [9.17, 15) is 9.90 Å². The molecule has 2 rings (SSSR count). The van der Waals surface area contributed by atoms with Gasteiger partial charge in [-0.15, -0.1) is 0 Å². The highest BCUT2D eigenvalue weighted by Gasteiger charge is 2.59. The van der Waals surface area contributed by atoms with E-state index in [-0.39, 0.29) is 11.5 Å². The van der Waals surface area contributed by atoms with Crippen molar-refractivity contribution in [1.29, 1.82) is 0 Å². The van der Waals surface area contributed by atoms with Crippen molar-refractivity contribution in [3.05, 3.63) is 22.7 Å². The highest BCUT2D eigenvalue weighted by Crippen LogP contribution is 2.47. The highest BCUT2D eigenvalue weighted by molar-refractivity contribution is 6.12. The van der Waals surface area contributed by atoms with Gasteiger partial charge in [0.2, 0.25) is 17.1 Å². The molecule has 1 unspecified atom stereocenters. The molecule has 0 aromatic rings. The van der Waals surface area contributed by atoms with E-state index in [0.29, 0.717) is 12.0 Å². The molecule has 0 saturated carbocycles. The Kier molecular flexibility index (Phi) is 4.17. The van der Waals surface area contributed by atoms with Gasteiger partial charge in [-0.2, -0.15) is 0 Å². The van der Waals surface area contributed by atoms with Crippen LogP contribution in [0.4, 0.5) is 0 Å². The summed E-state index contributed by atoms with van der Waals surface area (Å²) in [4.78, 5) is 12.2. The fourth-order valence-electron chi connectivity index (χ4n) is 2.99. The number of carbonyl (C=O) groups excluding carboxylic acids is 1. The van der Waals surface area contributed by atoms with Crippen molar-refractivity contribution in [1.82, 2.24) is 0 Å². The van der Waals surface area contributed by atoms with E-state index in [2.05, 4.69) is 0 Å². The fourth-order valence-corrected chi connectivity index (χ4v) is 2.99. The molecule has 0 fully saturated rings. The molecule has 0 bridgehead atoms. The van der Waals surface area contributed by atoms with E-state index in [1.54, 1.807) is 0 Å². The first kappa shape index (κ1) is 15.0. The van der Waals surface area contributed by atoms with Crippen LogP contribution in [0.1, 0.15) is 19.3 Å². The summed E-state index contributed by atoms with van der Waals surface area (Å²) in [5.41, 5.74) is -0.328. The smallest absolute Gasteiger partial charge is 0.244 e. The van der Waals surface area contributed by atoms with Crippen LogP contribution in [0.2, 0.25) is 0 Å². The lowest BCUT2D eigenvalue weighted by molar-refractivity contribution is -0.141. The van der Waals surface area contributed by atoms with E-state index in [1.807, 2.05) is 0 Å². The Hall–Kier alpha value is -1.37. The molecule has 6 heteroatoms. The van der Waals surface area contributed by atoms with Crippen LogP contribution in [0.3, 0.4) is 0 Å². The van der Waals surface area contributed by atoms with E-state index in [1.165, 1.54) is 28.4 Å². The predicted octanol–water partition coefficient (Wildman–Crippen LogP) is 0.904. The van der Waals surface area contributed by atoms with Crippen molar-refractivity contribution in [3.63, 3.8) is 0 Å². The van der Waals surface area contributed by atoms with Gasteiger partial charge < -0.3 is 24.1 Å². The first-order valence-electron chi connectivity index (χ1n) is 6.44. The van der Waals surface area contributed by atoms with Crippen LogP contribution in [0.15, 0.2) is 22.7 Å². The van der Waals surface area contributed by atoms with Gasteiger partial charge in [0, 0.05) is 14.2 Å². The Morgan fingerprint density at radius 3 is 2.25 bits per heavy atom. The van der Waals surface area contributed by atoms with Crippen LogP contribution >= 0.6 is 0 Å². The van der Waals surface area contributed by atoms with Crippen LogP contribution in [-0.2, 0) is 23.7 Å². The van der Waals surface area contributed by atoms with E-state index >= 15 is 0 Å². The fraction of sp³-hybridized carbons (Fsp3) is 0.643. The SMILES string of the molecule is COC1=C(OC)C(O)(C2=C(C(OC)OC)CCC2)C1=O. The van der Waals surface area contributed by atoms with E-state index in [4.69, 9.17) is 18.9 Å². The molecule has 2 aliphatic rings. The van der Waals surface area contributed by atoms with Crippen molar-refractivity contribution < 1.29 is 28.8 Å². The molecule has 0 radical (unpaired) electrons. The number of ether oxygens (including phenoxy) is 4. The van der Waals surface area contributed by atoms with Crippen LogP contribution in [0, 0.1) is 0 Å². The van der Waals surface area contributed by atoms with Crippen molar-refractivity contribution in [2.24, 2.45) is 0 Å². The van der Waals surface area contributed by atoms with E-state index in [0.717, 1.165) is 18.4 Å². The summed E-state index contributed by atoms with van der Waals surface area (Å²) >= 11 is 0. The molecule has 0 aromatic carbocycles. The van der Waals surface area contributed by atoms with Crippen molar-refractivity contribution in [3.8, 4) is 0 Å². The zero-order valence-corrected chi connectivity index (χ0v) is 12.2. The predicted molar refractivity (Wildman–Crippen MR) is 69.7 cm³/mol. The number of hydrogen-bond acceptors (Lipinski definition) is 6. The Bertz CT molecular complexity index is 474. The number of aliphatic hydroxyl groups is 1. The number of rotatable bonds is 6. The van der Waals surface area contributed by atoms with Gasteiger partial charge in [-0.25, -0.2) is 0 Å². The molecule has 6 nitrogen and oxygen atoms in total. The summed E-state index contributed by atoms with van der Waals surface area (Å²) in [6, 6.07) is 0. The third-order valence-corrected chi connectivity index (χ3v) is 3.89. The number of hydrogen-bond donors (Lipinski definition) is 1. The van der Waals surface area contributed by atoms with Crippen LogP contribution < -0.4 is 0 Å². The lowest BCUT2D eigenvalue weighted by atomic mass is 9.75. The summed E-state index contributed by atoms with van der Waals surface area (Å²) in [6.45, 7) is 0. The molecule has 112 valence electrons. The minimum Gasteiger partial charge on any atom is -0.493 e. The Morgan fingerprint density at radius 1 is 1.10 bits per heavy atom. The first-order valence-corrected chi connectivity index (χ1v) is 6.44. The van der Waals surface area contributed by atoms with Gasteiger partial charge in [-0.3, -0.25) is 4.79 Å². The lowest BCUT2D eigenvalue weighted by Crippen LogP contribution is -2.54. The molecule has 1 atom stereocenters. The van der Waals surface area contributed by atoms with Gasteiger partial charge in [0.15, 0.2) is 12.0 Å². The molecular formula is C14H20O6. The highest BCUT2D eigenvalue weighted by atomic mass is 16.7. The number of Topliss-reactive ketones (excluding diaryl/α,β-unsaturated/α-hetero) is 1. The quantitative estimate of drug-likeness (QED) is 0.577. The minimum atomic E-state index is -1.73. The molecule has 0 aromatic heterocycles. The van der Waals surface area contributed by atoms with Gasteiger partial charge >= 0.3 is 0 Å². The molecular weight excluding hydrogens is 264 g/mol. The van der Waals surface area contributed by atoms with Gasteiger partial charge in [-0.05, 0) is 30.4 Å². The van der Waals surface area contributed by atoms with Crippen LogP contribution in [0.5, 0.6) is 0 Å². The molecule has 0 saturated heterocycles. The maximum Gasteiger partial charge on any atom is 0.244 e. The third-order valence-electron chi connectivity index (χ3n) is 3.89. The molecule has 0 aliphatic heterocycles. The largest absolute Gasteiger partial charge is 0.493 e. The molecule has 20 heavy (non-hydrogen) atoms. The normalized spacial score (nSPS) is 26.4. The third kappa shape index (κ3) is 1.87. The average Bonchev–Trinajstić information content (AvgIpc) is 2.94. The summed E-state index contributed by atoms with van der Waals surface area (Å²) in [6.07, 6.45) is 1.60. The van der Waals surface area contributed by atoms with Crippen molar-refractivity contribution in [2.75, 3.05) is 28.4 Å². The zero-order valence-electron chi connectivity index (χ0n) is 12.2. The molecule has 1 N–H and O–H groups in total. The molecule has 0 amide bonds. The summed E-state index contributed by atoms with van der Waals surface area (Å²) < 4.78 is 20.6. The maximum atomic E-state index is 12.2. The maximum absolute atomic E-state index is 12.2. The Labute approximate surface area is 118 Å². The molecule has 0 spiro atoms. The number of ketones is 1. The molecule has 2 aliphatic carbocycles.